The molecule has 1 amide bonds. The molecule has 2 aromatic heterocycles. The van der Waals surface area contributed by atoms with Gasteiger partial charge in [0.2, 0.25) is 0 Å². The second-order valence-corrected chi connectivity index (χ2v) is 14.6. The van der Waals surface area contributed by atoms with Crippen LogP contribution >= 0.6 is 0 Å². The van der Waals surface area contributed by atoms with Crippen molar-refractivity contribution < 1.29 is 14.6 Å². The van der Waals surface area contributed by atoms with Gasteiger partial charge >= 0.3 is 0 Å². The number of nitrogens with two attached hydrogens (primary N) is 1. The minimum Gasteiger partial charge on any atom is -0.395 e. The topological polar surface area (TPSA) is 122 Å². The Morgan fingerprint density at radius 2 is 1.78 bits per heavy atom. The van der Waals surface area contributed by atoms with E-state index in [4.69, 9.17) is 10.5 Å². The molecule has 258 valence electrons. The summed E-state index contributed by atoms with van der Waals surface area (Å²) < 4.78 is 8.11. The Bertz CT molecular complexity index is 1780. The van der Waals surface area contributed by atoms with E-state index >= 15 is 0 Å². The molecule has 2 aliphatic carbocycles. The second-order valence-electron chi connectivity index (χ2n) is 14.6. The maximum Gasteiger partial charge on any atom is 0.255 e. The number of nitrogen functional groups attached to an aromatic ring is 1. The number of hydrogen-bond acceptors (Lipinski definition) is 8. The van der Waals surface area contributed by atoms with E-state index in [1.807, 2.05) is 13.2 Å². The van der Waals surface area contributed by atoms with E-state index in [9.17, 15) is 9.90 Å². The van der Waals surface area contributed by atoms with Gasteiger partial charge in [0, 0.05) is 69.3 Å². The van der Waals surface area contributed by atoms with Crippen LogP contribution in [0.5, 0.6) is 0 Å². The van der Waals surface area contributed by atoms with Crippen molar-refractivity contribution in [2.45, 2.75) is 69.7 Å². The van der Waals surface area contributed by atoms with Gasteiger partial charge in [-0.2, -0.15) is 5.10 Å². The summed E-state index contributed by atoms with van der Waals surface area (Å²) in [7, 11) is 1.85. The average molecular weight is 664 g/mol. The number of fused-ring (bicyclic) bond motifs is 1. The zero-order chi connectivity index (χ0) is 34.1. The van der Waals surface area contributed by atoms with Crippen LogP contribution in [0.25, 0.3) is 22.3 Å². The number of amides is 1. The molecule has 7 rings (SSSR count). The number of ether oxygens (including phenoxy) is 1. The Kier molecular flexibility index (Phi) is 9.57. The summed E-state index contributed by atoms with van der Waals surface area (Å²) in [6, 6.07) is 17.9. The number of aromatic nitrogens is 3. The van der Waals surface area contributed by atoms with Crippen molar-refractivity contribution in [1.82, 2.24) is 29.9 Å². The van der Waals surface area contributed by atoms with Crippen molar-refractivity contribution in [2.24, 2.45) is 7.05 Å². The standard InChI is InChI=1S/C39H49N7O3/c1-39(2)21-35(46-15-13-45(14-16-46)17-18-47)31-12-11-28(20-33(31)39)27-9-7-26(8-10-27)25-49-36-6-4-5-34(36)43-38(48)32-19-29(22-41-37(32)40)30-23-42-44(3)24-30/h7-12,19-20,22-24,34-36,47H,4-6,13-18,21,25H2,1-3H3,(H2,40,41)(H,43,48)/t34-,35-,36-/m0/s1. The molecule has 3 aliphatic rings. The van der Waals surface area contributed by atoms with E-state index in [1.165, 1.54) is 22.3 Å². The second kappa shape index (κ2) is 14.0. The lowest BCUT2D eigenvalue weighted by Crippen LogP contribution is -2.48. The fourth-order valence-corrected chi connectivity index (χ4v) is 8.00. The van der Waals surface area contributed by atoms with Gasteiger partial charge in [-0.1, -0.05) is 56.3 Å². The fraction of sp³-hybridized carbons (Fsp3) is 0.462. The number of β-amino-alcohol motifs (C(OH)–C–C–N with tert-alkyl or cyclic N) is 1. The molecular formula is C39H49N7O3. The van der Waals surface area contributed by atoms with Crippen molar-refractivity contribution >= 4 is 11.7 Å². The third-order valence-corrected chi connectivity index (χ3v) is 10.8. The Morgan fingerprint density at radius 3 is 2.51 bits per heavy atom. The normalized spacial score (nSPS) is 22.3. The van der Waals surface area contributed by atoms with Crippen molar-refractivity contribution in [3.63, 3.8) is 0 Å². The summed E-state index contributed by atoms with van der Waals surface area (Å²) in [4.78, 5) is 22.6. The molecule has 0 bridgehead atoms. The summed E-state index contributed by atoms with van der Waals surface area (Å²) >= 11 is 0. The number of carbonyl (C=O) groups excluding carboxylic acids is 1. The highest BCUT2D eigenvalue weighted by Gasteiger charge is 2.40. The lowest BCUT2D eigenvalue weighted by molar-refractivity contribution is 0.0272. The van der Waals surface area contributed by atoms with Crippen molar-refractivity contribution in [3.8, 4) is 22.3 Å². The number of nitrogens with zero attached hydrogens (tertiary/aromatic N) is 5. The third-order valence-electron chi connectivity index (χ3n) is 10.8. The minimum atomic E-state index is -0.231. The summed E-state index contributed by atoms with van der Waals surface area (Å²) in [5, 5.41) is 16.7. The fourth-order valence-electron chi connectivity index (χ4n) is 8.00. The molecule has 1 saturated carbocycles. The molecule has 3 atom stereocenters. The SMILES string of the molecule is Cn1cc(-c2cnc(N)c(C(=O)N[C@H]3CCC[C@@H]3OCc3ccc(-c4ccc5c(c4)C(C)(C)C[C@@H]5N4CCN(CCO)CC4)cc3)c2)cn1. The van der Waals surface area contributed by atoms with Crippen LogP contribution < -0.4 is 11.1 Å². The smallest absolute Gasteiger partial charge is 0.255 e. The Morgan fingerprint density at radius 1 is 1.00 bits per heavy atom. The maximum absolute atomic E-state index is 13.3. The average Bonchev–Trinajstić information content (AvgIpc) is 3.81. The van der Waals surface area contributed by atoms with E-state index in [-0.39, 0.29) is 35.9 Å². The van der Waals surface area contributed by atoms with Crippen LogP contribution in [0.4, 0.5) is 5.82 Å². The first kappa shape index (κ1) is 33.4. The van der Waals surface area contributed by atoms with Crippen LogP contribution in [0.15, 0.2) is 67.1 Å². The van der Waals surface area contributed by atoms with Gasteiger partial charge in [-0.25, -0.2) is 4.98 Å². The molecule has 1 aliphatic heterocycles. The predicted octanol–water partition coefficient (Wildman–Crippen LogP) is 4.93. The third kappa shape index (κ3) is 7.14. The van der Waals surface area contributed by atoms with E-state index in [1.54, 1.807) is 23.1 Å². The van der Waals surface area contributed by atoms with Crippen molar-refractivity contribution in [2.75, 3.05) is 45.1 Å². The highest BCUT2D eigenvalue weighted by molar-refractivity contribution is 5.99. The molecule has 4 N–H and O–H groups in total. The minimum absolute atomic E-state index is 0.0659. The number of anilines is 1. The molecule has 3 heterocycles. The van der Waals surface area contributed by atoms with Gasteiger partial charge in [0.25, 0.3) is 5.91 Å². The zero-order valence-electron chi connectivity index (χ0n) is 28.9. The number of aliphatic hydroxyl groups excluding tert-OH is 1. The number of aliphatic hydroxyl groups is 1. The van der Waals surface area contributed by atoms with Crippen LogP contribution in [0.1, 0.15) is 72.6 Å². The van der Waals surface area contributed by atoms with E-state index < -0.39 is 0 Å². The van der Waals surface area contributed by atoms with Gasteiger partial charge in [-0.3, -0.25) is 19.3 Å². The van der Waals surface area contributed by atoms with Gasteiger partial charge in [0.1, 0.15) is 5.82 Å². The molecule has 10 nitrogen and oxygen atoms in total. The number of pyridine rings is 1. The van der Waals surface area contributed by atoms with Crippen LogP contribution in [0.2, 0.25) is 0 Å². The molecular weight excluding hydrogens is 614 g/mol. The van der Waals surface area contributed by atoms with Crippen molar-refractivity contribution in [1.29, 1.82) is 0 Å². The number of aryl methyl sites for hydroxylation is 1. The molecule has 0 spiro atoms. The number of benzene rings is 2. The Hall–Kier alpha value is -4.09. The molecule has 0 unspecified atom stereocenters. The quantitative estimate of drug-likeness (QED) is 0.219. The number of nitrogens with one attached hydrogen (secondary N) is 1. The Balaban J connectivity index is 0.968. The van der Waals surface area contributed by atoms with Gasteiger partial charge in [0.05, 0.1) is 37.1 Å². The first-order valence-corrected chi connectivity index (χ1v) is 17.7. The number of hydrogen-bond donors (Lipinski definition) is 3. The monoisotopic (exact) mass is 663 g/mol. The van der Waals surface area contributed by atoms with Crippen LogP contribution in [-0.2, 0) is 23.8 Å². The van der Waals surface area contributed by atoms with E-state index in [2.05, 4.69) is 81.5 Å². The molecule has 10 heteroatoms. The lowest BCUT2D eigenvalue weighted by Gasteiger charge is -2.38. The first-order chi connectivity index (χ1) is 23.7. The maximum atomic E-state index is 13.3. The van der Waals surface area contributed by atoms with Crippen LogP contribution in [0, 0.1) is 0 Å². The van der Waals surface area contributed by atoms with E-state index in [0.29, 0.717) is 18.2 Å². The summed E-state index contributed by atoms with van der Waals surface area (Å²) in [6.07, 6.45) is 9.12. The largest absolute Gasteiger partial charge is 0.395 e. The van der Waals surface area contributed by atoms with Crippen molar-refractivity contribution in [3.05, 3.63) is 89.4 Å². The summed E-state index contributed by atoms with van der Waals surface area (Å²) in [5.41, 5.74) is 14.8. The predicted molar refractivity (Wildman–Crippen MR) is 192 cm³/mol. The molecule has 4 aromatic rings. The van der Waals surface area contributed by atoms with Gasteiger partial charge in [0.15, 0.2) is 0 Å². The zero-order valence-corrected chi connectivity index (χ0v) is 28.9. The molecule has 0 radical (unpaired) electrons. The number of rotatable bonds is 10. The number of carbonyl (C=O) groups is 1. The van der Waals surface area contributed by atoms with Gasteiger partial charge in [-0.05, 0) is 65.0 Å². The molecule has 2 fully saturated rings. The van der Waals surface area contributed by atoms with Gasteiger partial charge in [-0.15, -0.1) is 0 Å². The number of piperazine rings is 1. The summed E-state index contributed by atoms with van der Waals surface area (Å²) in [5.74, 6) is -0.0223. The van der Waals surface area contributed by atoms with Gasteiger partial charge < -0.3 is 20.9 Å². The highest BCUT2D eigenvalue weighted by Crippen LogP contribution is 2.48. The highest BCUT2D eigenvalue weighted by atomic mass is 16.5. The lowest BCUT2D eigenvalue weighted by atomic mass is 9.85. The van der Waals surface area contributed by atoms with Crippen LogP contribution in [-0.4, -0.2) is 87.1 Å². The molecule has 49 heavy (non-hydrogen) atoms. The molecule has 1 saturated heterocycles. The molecule has 2 aromatic carbocycles. The van der Waals surface area contributed by atoms with Crippen LogP contribution in [0.3, 0.4) is 0 Å². The first-order valence-electron chi connectivity index (χ1n) is 17.7. The Labute approximate surface area is 289 Å². The van der Waals surface area contributed by atoms with E-state index in [0.717, 1.165) is 75.1 Å². The summed E-state index contributed by atoms with van der Waals surface area (Å²) in [6.45, 7) is 10.4.